The highest BCUT2D eigenvalue weighted by molar-refractivity contribution is 6.07. The van der Waals surface area contributed by atoms with Crippen molar-refractivity contribution in [2.45, 2.75) is 26.7 Å². The number of nitrogens with zero attached hydrogens (tertiary/aromatic N) is 2. The Morgan fingerprint density at radius 1 is 1.06 bits per heavy atom. The Balaban J connectivity index is 1.97. The highest BCUT2D eigenvalue weighted by Gasteiger charge is 2.23. The SMILES string of the molecule is Cc1c2nc(-c3cccc(C(=O)O)c3)c(C(C)C)c(-c3ccc(F)cc3)c2cc2cn[nH]c12. The number of hydrogen-bond acceptors (Lipinski definition) is 3. The topological polar surface area (TPSA) is 78.9 Å². The summed E-state index contributed by atoms with van der Waals surface area (Å²) in [6, 6.07) is 15.4. The maximum Gasteiger partial charge on any atom is 0.335 e. The monoisotopic (exact) mass is 439 g/mol. The van der Waals surface area contributed by atoms with E-state index in [1.807, 2.05) is 13.0 Å². The van der Waals surface area contributed by atoms with Crippen molar-refractivity contribution in [1.82, 2.24) is 15.2 Å². The van der Waals surface area contributed by atoms with Gasteiger partial charge in [-0.15, -0.1) is 0 Å². The first-order valence-electron chi connectivity index (χ1n) is 10.7. The molecule has 0 unspecified atom stereocenters. The Kier molecular flexibility index (Phi) is 4.93. The molecule has 0 amide bonds. The standard InChI is InChI=1S/C27H22FN3O2/c1-14(2)22-23(16-7-9-20(28)10-8-16)21-12-19-13-29-31-24(19)15(3)25(21)30-26(22)17-5-4-6-18(11-17)27(32)33/h4-14H,1-3H3,(H,29,31)(H,32,33). The van der Waals surface area contributed by atoms with Gasteiger partial charge in [0.15, 0.2) is 0 Å². The van der Waals surface area contributed by atoms with E-state index in [1.165, 1.54) is 12.1 Å². The molecule has 0 saturated carbocycles. The molecule has 0 atom stereocenters. The average molecular weight is 439 g/mol. The van der Waals surface area contributed by atoms with Crippen LogP contribution < -0.4 is 0 Å². The molecule has 0 aliphatic rings. The van der Waals surface area contributed by atoms with Crippen LogP contribution in [0.2, 0.25) is 0 Å². The third kappa shape index (κ3) is 3.44. The largest absolute Gasteiger partial charge is 0.478 e. The van der Waals surface area contributed by atoms with Crippen LogP contribution in [0.3, 0.4) is 0 Å². The number of carboxylic acids is 1. The van der Waals surface area contributed by atoms with Crippen molar-refractivity contribution in [3.63, 3.8) is 0 Å². The minimum Gasteiger partial charge on any atom is -0.478 e. The first-order chi connectivity index (χ1) is 15.8. The minimum absolute atomic E-state index is 0.0748. The molecule has 2 N–H and O–H groups in total. The number of benzene rings is 3. The van der Waals surface area contributed by atoms with Gasteiger partial charge in [-0.2, -0.15) is 5.10 Å². The van der Waals surface area contributed by atoms with Crippen LogP contribution in [0.25, 0.3) is 44.2 Å². The van der Waals surface area contributed by atoms with E-state index in [-0.39, 0.29) is 17.3 Å². The molecule has 0 fully saturated rings. The summed E-state index contributed by atoms with van der Waals surface area (Å²) in [6.07, 6.45) is 1.79. The van der Waals surface area contributed by atoms with Gasteiger partial charge in [-0.25, -0.2) is 14.2 Å². The van der Waals surface area contributed by atoms with Crippen molar-refractivity contribution in [2.24, 2.45) is 0 Å². The van der Waals surface area contributed by atoms with Crippen LogP contribution >= 0.6 is 0 Å². The predicted octanol–water partition coefficient (Wildman–Crippen LogP) is 6.71. The fourth-order valence-electron chi connectivity index (χ4n) is 4.53. The van der Waals surface area contributed by atoms with E-state index in [0.717, 1.165) is 55.3 Å². The van der Waals surface area contributed by atoms with E-state index in [0.29, 0.717) is 0 Å². The second-order valence-corrected chi connectivity index (χ2v) is 8.53. The van der Waals surface area contributed by atoms with Gasteiger partial charge in [0.25, 0.3) is 0 Å². The summed E-state index contributed by atoms with van der Waals surface area (Å²) in [5.74, 6) is -1.21. The molecule has 2 aromatic heterocycles. The summed E-state index contributed by atoms with van der Waals surface area (Å²) in [6.45, 7) is 6.17. The molecule has 0 radical (unpaired) electrons. The first-order valence-corrected chi connectivity index (χ1v) is 10.7. The van der Waals surface area contributed by atoms with Crippen molar-refractivity contribution < 1.29 is 14.3 Å². The highest BCUT2D eigenvalue weighted by atomic mass is 19.1. The fourth-order valence-corrected chi connectivity index (χ4v) is 4.53. The lowest BCUT2D eigenvalue weighted by Crippen LogP contribution is -2.04. The number of aromatic nitrogens is 3. The van der Waals surface area contributed by atoms with Gasteiger partial charge >= 0.3 is 5.97 Å². The number of rotatable bonds is 4. The number of fused-ring (bicyclic) bond motifs is 2. The Bertz CT molecular complexity index is 1540. The zero-order chi connectivity index (χ0) is 23.3. The van der Waals surface area contributed by atoms with Crippen molar-refractivity contribution >= 4 is 27.8 Å². The van der Waals surface area contributed by atoms with Gasteiger partial charge < -0.3 is 5.11 Å². The lowest BCUT2D eigenvalue weighted by Gasteiger charge is -2.21. The van der Waals surface area contributed by atoms with Gasteiger partial charge in [0, 0.05) is 21.9 Å². The van der Waals surface area contributed by atoms with Crippen molar-refractivity contribution in [2.75, 3.05) is 0 Å². The van der Waals surface area contributed by atoms with Crippen LogP contribution in [0.5, 0.6) is 0 Å². The van der Waals surface area contributed by atoms with E-state index >= 15 is 0 Å². The molecule has 0 spiro atoms. The molecule has 0 bridgehead atoms. The number of aromatic amines is 1. The van der Waals surface area contributed by atoms with Gasteiger partial charge in [0.1, 0.15) is 5.82 Å². The number of hydrogen-bond donors (Lipinski definition) is 2. The highest BCUT2D eigenvalue weighted by Crippen LogP contribution is 2.43. The molecule has 33 heavy (non-hydrogen) atoms. The summed E-state index contributed by atoms with van der Waals surface area (Å²) < 4.78 is 13.8. The fraction of sp³-hybridized carbons (Fsp3) is 0.148. The number of halogens is 1. The number of H-pyrrole nitrogens is 1. The molecular formula is C27H22FN3O2. The predicted molar refractivity (Wildman–Crippen MR) is 128 cm³/mol. The van der Waals surface area contributed by atoms with Crippen LogP contribution in [0.1, 0.15) is 41.3 Å². The number of pyridine rings is 1. The Morgan fingerprint density at radius 3 is 2.52 bits per heavy atom. The minimum atomic E-state index is -0.988. The molecular weight excluding hydrogens is 417 g/mol. The molecule has 6 heteroatoms. The van der Waals surface area contributed by atoms with Crippen molar-refractivity contribution in [1.29, 1.82) is 0 Å². The third-order valence-corrected chi connectivity index (χ3v) is 6.06. The molecule has 2 heterocycles. The normalized spacial score (nSPS) is 11.5. The molecule has 5 aromatic rings. The quantitative estimate of drug-likeness (QED) is 0.326. The summed E-state index contributed by atoms with van der Waals surface area (Å²) in [5, 5.41) is 18.7. The summed E-state index contributed by atoms with van der Waals surface area (Å²) in [5.41, 5.74) is 7.15. The third-order valence-electron chi connectivity index (χ3n) is 6.06. The molecule has 164 valence electrons. The van der Waals surface area contributed by atoms with Gasteiger partial charge in [0.2, 0.25) is 0 Å². The molecule has 0 aliphatic carbocycles. The second kappa shape index (κ2) is 7.81. The Morgan fingerprint density at radius 2 is 1.82 bits per heavy atom. The van der Waals surface area contributed by atoms with Crippen LogP contribution in [-0.2, 0) is 0 Å². The van der Waals surface area contributed by atoms with Crippen molar-refractivity contribution in [3.05, 3.63) is 83.3 Å². The van der Waals surface area contributed by atoms with E-state index in [9.17, 15) is 14.3 Å². The molecule has 5 rings (SSSR count). The molecule has 0 aliphatic heterocycles. The summed E-state index contributed by atoms with van der Waals surface area (Å²) in [7, 11) is 0. The van der Waals surface area contributed by atoms with Crippen LogP contribution in [0.4, 0.5) is 4.39 Å². The van der Waals surface area contributed by atoms with Crippen LogP contribution in [0, 0.1) is 12.7 Å². The Labute approximate surface area is 189 Å². The van der Waals surface area contributed by atoms with Crippen LogP contribution in [-0.4, -0.2) is 26.3 Å². The maximum absolute atomic E-state index is 13.8. The molecule has 3 aromatic carbocycles. The first kappa shape index (κ1) is 20.8. The lowest BCUT2D eigenvalue weighted by atomic mass is 9.85. The van der Waals surface area contributed by atoms with Gasteiger partial charge in [-0.1, -0.05) is 38.1 Å². The van der Waals surface area contributed by atoms with Gasteiger partial charge in [-0.05, 0) is 59.9 Å². The summed E-state index contributed by atoms with van der Waals surface area (Å²) in [4.78, 5) is 16.7. The summed E-state index contributed by atoms with van der Waals surface area (Å²) >= 11 is 0. The zero-order valence-electron chi connectivity index (χ0n) is 18.5. The van der Waals surface area contributed by atoms with E-state index in [1.54, 1.807) is 36.5 Å². The van der Waals surface area contributed by atoms with Crippen LogP contribution in [0.15, 0.2) is 60.8 Å². The smallest absolute Gasteiger partial charge is 0.335 e. The number of carboxylic acid groups (broad SMARTS) is 1. The number of aromatic carboxylic acids is 1. The second-order valence-electron chi connectivity index (χ2n) is 8.53. The maximum atomic E-state index is 13.8. The van der Waals surface area contributed by atoms with E-state index in [2.05, 4.69) is 30.1 Å². The Hall–Kier alpha value is -4.06. The number of nitrogens with one attached hydrogen (secondary N) is 1. The van der Waals surface area contributed by atoms with Gasteiger partial charge in [0.05, 0.1) is 28.5 Å². The van der Waals surface area contributed by atoms with E-state index in [4.69, 9.17) is 4.98 Å². The van der Waals surface area contributed by atoms with Gasteiger partial charge in [-0.3, -0.25) is 5.10 Å². The molecule has 0 saturated heterocycles. The van der Waals surface area contributed by atoms with Crippen molar-refractivity contribution in [3.8, 4) is 22.4 Å². The average Bonchev–Trinajstić information content (AvgIpc) is 3.28. The van der Waals surface area contributed by atoms with E-state index < -0.39 is 5.97 Å². The lowest BCUT2D eigenvalue weighted by molar-refractivity contribution is 0.0697. The zero-order valence-corrected chi connectivity index (χ0v) is 18.5. The molecule has 5 nitrogen and oxygen atoms in total. The number of carbonyl (C=O) groups is 1. The number of aryl methyl sites for hydroxylation is 1.